The molecule has 1 amide bonds. The van der Waals surface area contributed by atoms with E-state index in [1.807, 2.05) is 45.9 Å². The summed E-state index contributed by atoms with van der Waals surface area (Å²) in [5, 5.41) is 5.87. The molecule has 0 atom stereocenters. The van der Waals surface area contributed by atoms with E-state index in [2.05, 4.69) is 23.8 Å². The third kappa shape index (κ3) is 4.53. The second kappa shape index (κ2) is 9.45. The van der Waals surface area contributed by atoms with Gasteiger partial charge in [0, 0.05) is 19.1 Å². The van der Waals surface area contributed by atoms with Crippen LogP contribution in [0.4, 0.5) is 5.13 Å². The van der Waals surface area contributed by atoms with Crippen LogP contribution in [-0.4, -0.2) is 51.8 Å². The number of likely N-dealkylation sites (N-methyl/N-ethyl adjacent to an activating group) is 1. The van der Waals surface area contributed by atoms with Crippen LogP contribution in [0.15, 0.2) is 18.2 Å². The number of benzene rings is 1. The summed E-state index contributed by atoms with van der Waals surface area (Å²) in [5.74, 6) is -0.0794. The fraction of sp³-hybridized carbons (Fsp3) is 0.500. The van der Waals surface area contributed by atoms with Gasteiger partial charge in [0.15, 0.2) is 5.13 Å². The first-order valence-electron chi connectivity index (χ1n) is 10.4. The van der Waals surface area contributed by atoms with E-state index in [0.29, 0.717) is 22.4 Å². The molecule has 0 aliphatic carbocycles. The Kier molecular flexibility index (Phi) is 7.16. The minimum Gasteiger partial charge on any atom is -0.302 e. The molecule has 0 N–H and O–H groups in total. The van der Waals surface area contributed by atoms with Gasteiger partial charge < -0.3 is 4.90 Å². The second-order valence-corrected chi connectivity index (χ2v) is 9.12. The maximum atomic E-state index is 13.7. The molecular formula is C22H30ClN5OS. The molecule has 2 heterocycles. The Labute approximate surface area is 187 Å². The van der Waals surface area contributed by atoms with Crippen molar-refractivity contribution in [2.24, 2.45) is 0 Å². The first-order valence-corrected chi connectivity index (χ1v) is 11.6. The van der Waals surface area contributed by atoms with Crippen molar-refractivity contribution in [3.63, 3.8) is 0 Å². The topological polar surface area (TPSA) is 54.3 Å². The van der Waals surface area contributed by atoms with Gasteiger partial charge in [-0.2, -0.15) is 5.10 Å². The number of carbonyl (C=O) groups is 1. The average Bonchev–Trinajstić information content (AvgIpc) is 3.33. The third-order valence-electron chi connectivity index (χ3n) is 5.26. The third-order valence-corrected chi connectivity index (χ3v) is 6.80. The predicted octanol–water partition coefficient (Wildman–Crippen LogP) is 5.33. The van der Waals surface area contributed by atoms with Gasteiger partial charge in [-0.25, -0.2) is 4.98 Å². The number of amides is 1. The van der Waals surface area contributed by atoms with Gasteiger partial charge in [-0.05, 0) is 58.5 Å². The number of hydrogen-bond acceptors (Lipinski definition) is 5. The first kappa shape index (κ1) is 22.7. The van der Waals surface area contributed by atoms with Crippen molar-refractivity contribution in [3.8, 4) is 0 Å². The first-order chi connectivity index (χ1) is 14.3. The standard InChI is InChI=1S/C22H30ClN5OS/c1-7-26(8-2)11-12-27(21(29)18-13-16(6)25-28(18)14(3)4)22-24-19-15(5)9-10-17(23)20(19)30-22/h9-10,13-14H,7-8,11-12H2,1-6H3. The zero-order valence-corrected chi connectivity index (χ0v) is 20.1. The van der Waals surface area contributed by atoms with E-state index in [0.717, 1.165) is 41.1 Å². The van der Waals surface area contributed by atoms with Gasteiger partial charge in [0.2, 0.25) is 0 Å². The number of halogens is 1. The molecule has 0 saturated heterocycles. The Morgan fingerprint density at radius 2 is 1.90 bits per heavy atom. The van der Waals surface area contributed by atoms with E-state index in [4.69, 9.17) is 16.6 Å². The fourth-order valence-corrected chi connectivity index (χ4v) is 4.82. The second-order valence-electron chi connectivity index (χ2n) is 7.73. The van der Waals surface area contributed by atoms with Crippen LogP contribution in [0.25, 0.3) is 10.2 Å². The summed E-state index contributed by atoms with van der Waals surface area (Å²) in [4.78, 5) is 22.6. The maximum Gasteiger partial charge on any atom is 0.278 e. The Morgan fingerprint density at radius 3 is 2.50 bits per heavy atom. The summed E-state index contributed by atoms with van der Waals surface area (Å²) in [6, 6.07) is 5.81. The lowest BCUT2D eigenvalue weighted by Crippen LogP contribution is -2.39. The highest BCUT2D eigenvalue weighted by molar-refractivity contribution is 7.23. The Balaban J connectivity index is 2.06. The van der Waals surface area contributed by atoms with Crippen LogP contribution in [0.5, 0.6) is 0 Å². The van der Waals surface area contributed by atoms with Crippen molar-refractivity contribution in [1.29, 1.82) is 0 Å². The van der Waals surface area contributed by atoms with E-state index in [-0.39, 0.29) is 11.9 Å². The van der Waals surface area contributed by atoms with Gasteiger partial charge in [0.1, 0.15) is 5.69 Å². The number of carbonyl (C=O) groups excluding carboxylic acids is 1. The Morgan fingerprint density at radius 1 is 1.20 bits per heavy atom. The summed E-state index contributed by atoms with van der Waals surface area (Å²) in [6.45, 7) is 15.5. The monoisotopic (exact) mass is 447 g/mol. The SMILES string of the molecule is CCN(CC)CCN(C(=O)c1cc(C)nn1C(C)C)c1nc2c(C)ccc(Cl)c2s1. The summed E-state index contributed by atoms with van der Waals surface area (Å²) in [7, 11) is 0. The largest absolute Gasteiger partial charge is 0.302 e. The molecule has 0 saturated carbocycles. The van der Waals surface area contributed by atoms with Crippen molar-refractivity contribution < 1.29 is 4.79 Å². The Bertz CT molecular complexity index is 999. The van der Waals surface area contributed by atoms with E-state index >= 15 is 0 Å². The van der Waals surface area contributed by atoms with Crippen LogP contribution < -0.4 is 4.90 Å². The van der Waals surface area contributed by atoms with E-state index in [1.165, 1.54) is 11.3 Å². The van der Waals surface area contributed by atoms with Crippen molar-refractivity contribution in [1.82, 2.24) is 19.7 Å². The Hall–Kier alpha value is -1.96. The van der Waals surface area contributed by atoms with E-state index in [9.17, 15) is 4.79 Å². The molecule has 3 rings (SSSR count). The van der Waals surface area contributed by atoms with Crippen LogP contribution in [0.2, 0.25) is 5.02 Å². The van der Waals surface area contributed by atoms with E-state index in [1.54, 1.807) is 9.58 Å². The van der Waals surface area contributed by atoms with E-state index < -0.39 is 0 Å². The van der Waals surface area contributed by atoms with Crippen molar-refractivity contribution in [2.45, 2.75) is 47.6 Å². The van der Waals surface area contributed by atoms with Gasteiger partial charge in [0.25, 0.3) is 5.91 Å². The van der Waals surface area contributed by atoms with Crippen LogP contribution in [0, 0.1) is 13.8 Å². The molecule has 0 unspecified atom stereocenters. The van der Waals surface area contributed by atoms with Gasteiger partial charge >= 0.3 is 0 Å². The quantitative estimate of drug-likeness (QED) is 0.468. The molecule has 3 aromatic rings. The number of anilines is 1. The summed E-state index contributed by atoms with van der Waals surface area (Å²) < 4.78 is 2.72. The van der Waals surface area contributed by atoms with Crippen LogP contribution in [0.3, 0.4) is 0 Å². The number of aryl methyl sites for hydroxylation is 2. The molecule has 2 aromatic heterocycles. The van der Waals surface area contributed by atoms with Gasteiger partial charge in [-0.1, -0.05) is 42.9 Å². The number of nitrogens with zero attached hydrogens (tertiary/aromatic N) is 5. The molecule has 8 heteroatoms. The number of fused-ring (bicyclic) bond motifs is 1. The highest BCUT2D eigenvalue weighted by Crippen LogP contribution is 2.36. The zero-order chi connectivity index (χ0) is 22.0. The van der Waals surface area contributed by atoms with Crippen LogP contribution in [0.1, 0.15) is 55.5 Å². The summed E-state index contributed by atoms with van der Waals surface area (Å²) >= 11 is 7.90. The molecule has 0 aliphatic rings. The highest BCUT2D eigenvalue weighted by Gasteiger charge is 2.26. The maximum absolute atomic E-state index is 13.7. The van der Waals surface area contributed by atoms with Crippen LogP contribution in [-0.2, 0) is 0 Å². The highest BCUT2D eigenvalue weighted by atomic mass is 35.5. The van der Waals surface area contributed by atoms with Gasteiger partial charge in [-0.15, -0.1) is 0 Å². The number of thiazole rings is 1. The lowest BCUT2D eigenvalue weighted by atomic mass is 10.2. The molecule has 0 fully saturated rings. The molecular weight excluding hydrogens is 418 g/mol. The molecule has 162 valence electrons. The minimum atomic E-state index is -0.0794. The van der Waals surface area contributed by atoms with Crippen molar-refractivity contribution in [2.75, 3.05) is 31.1 Å². The zero-order valence-electron chi connectivity index (χ0n) is 18.6. The molecule has 0 spiro atoms. The lowest BCUT2D eigenvalue weighted by Gasteiger charge is -2.25. The minimum absolute atomic E-state index is 0.0794. The molecule has 30 heavy (non-hydrogen) atoms. The normalized spacial score (nSPS) is 11.8. The predicted molar refractivity (Wildman–Crippen MR) is 126 cm³/mol. The molecule has 1 aromatic carbocycles. The number of aromatic nitrogens is 3. The summed E-state index contributed by atoms with van der Waals surface area (Å²) in [5.41, 5.74) is 3.33. The summed E-state index contributed by atoms with van der Waals surface area (Å²) in [6.07, 6.45) is 0. The average molecular weight is 448 g/mol. The fourth-order valence-electron chi connectivity index (χ4n) is 3.48. The number of rotatable bonds is 8. The van der Waals surface area contributed by atoms with Crippen molar-refractivity contribution >= 4 is 44.2 Å². The van der Waals surface area contributed by atoms with Crippen molar-refractivity contribution in [3.05, 3.63) is 40.2 Å². The molecule has 0 radical (unpaired) electrons. The lowest BCUT2D eigenvalue weighted by molar-refractivity contribution is 0.0971. The van der Waals surface area contributed by atoms with Crippen LogP contribution >= 0.6 is 22.9 Å². The van der Waals surface area contributed by atoms with Gasteiger partial charge in [-0.3, -0.25) is 14.4 Å². The smallest absolute Gasteiger partial charge is 0.278 e. The molecule has 0 bridgehead atoms. The molecule has 0 aliphatic heterocycles. The number of hydrogen-bond donors (Lipinski definition) is 0. The molecule has 6 nitrogen and oxygen atoms in total. The van der Waals surface area contributed by atoms with Gasteiger partial charge in [0.05, 0.1) is 20.9 Å².